The van der Waals surface area contributed by atoms with E-state index in [9.17, 15) is 14.7 Å². The standard InChI is InChI=1S/C26H29N7O3/c1-31-9-6-16-12-22(30-33(16)15-24(31)35)19-3-4-21(25-20(19)14-28-26(25)36)29-23-5-2-17(13-27-23)32-10-7-18(34)8-11-32/h2-5,12-13,18,34H,6-11,14-15H2,1H3,(H,27,29)(H,28,36). The van der Waals surface area contributed by atoms with Crippen LogP contribution in [0, 0.1) is 0 Å². The quantitative estimate of drug-likeness (QED) is 0.515. The van der Waals surface area contributed by atoms with Crippen molar-refractivity contribution < 1.29 is 14.7 Å². The number of nitrogens with one attached hydrogen (secondary N) is 2. The van der Waals surface area contributed by atoms with Crippen molar-refractivity contribution in [2.75, 3.05) is 36.9 Å². The molecule has 6 rings (SSSR count). The van der Waals surface area contributed by atoms with Gasteiger partial charge in [-0.25, -0.2) is 4.98 Å². The Kier molecular flexibility index (Phi) is 5.60. The first-order chi connectivity index (χ1) is 17.5. The van der Waals surface area contributed by atoms with Crippen molar-refractivity contribution in [1.82, 2.24) is 25.0 Å². The van der Waals surface area contributed by atoms with Crippen LogP contribution in [0.15, 0.2) is 36.5 Å². The van der Waals surface area contributed by atoms with Crippen LogP contribution in [-0.2, 0) is 24.3 Å². The Bertz CT molecular complexity index is 1330. The van der Waals surface area contributed by atoms with Gasteiger partial charge in [-0.2, -0.15) is 5.10 Å². The molecule has 10 nitrogen and oxygen atoms in total. The second-order valence-electron chi connectivity index (χ2n) is 9.69. The average Bonchev–Trinajstić information content (AvgIpc) is 3.44. The molecule has 0 unspecified atom stereocenters. The lowest BCUT2D eigenvalue weighted by Gasteiger charge is -2.31. The molecule has 5 heterocycles. The number of anilines is 3. The van der Waals surface area contributed by atoms with Gasteiger partial charge in [0.15, 0.2) is 0 Å². The van der Waals surface area contributed by atoms with Crippen LogP contribution in [-0.4, -0.2) is 69.4 Å². The summed E-state index contributed by atoms with van der Waals surface area (Å²) in [5.74, 6) is 0.568. The topological polar surface area (TPSA) is 116 Å². The molecular formula is C26H29N7O3. The molecule has 3 N–H and O–H groups in total. The number of carbonyl (C=O) groups excluding carboxylic acids is 2. The summed E-state index contributed by atoms with van der Waals surface area (Å²) in [5, 5.41) is 20.7. The van der Waals surface area contributed by atoms with Gasteiger partial charge in [0.05, 0.1) is 34.9 Å². The number of carbonyl (C=O) groups is 2. The van der Waals surface area contributed by atoms with Crippen molar-refractivity contribution in [1.29, 1.82) is 0 Å². The van der Waals surface area contributed by atoms with Crippen molar-refractivity contribution in [3.05, 3.63) is 53.3 Å². The largest absolute Gasteiger partial charge is 0.393 e. The van der Waals surface area contributed by atoms with Gasteiger partial charge >= 0.3 is 0 Å². The van der Waals surface area contributed by atoms with Crippen LogP contribution in [0.3, 0.4) is 0 Å². The number of fused-ring (bicyclic) bond motifs is 2. The number of hydrogen-bond acceptors (Lipinski definition) is 7. The zero-order valence-electron chi connectivity index (χ0n) is 20.2. The smallest absolute Gasteiger partial charge is 0.254 e. The molecule has 3 aliphatic rings. The molecule has 0 aliphatic carbocycles. The molecule has 3 aliphatic heterocycles. The summed E-state index contributed by atoms with van der Waals surface area (Å²) in [6.07, 6.45) is 3.88. The van der Waals surface area contributed by atoms with Crippen molar-refractivity contribution in [2.24, 2.45) is 0 Å². The van der Waals surface area contributed by atoms with Crippen molar-refractivity contribution in [2.45, 2.75) is 38.5 Å². The highest BCUT2D eigenvalue weighted by atomic mass is 16.3. The van der Waals surface area contributed by atoms with Gasteiger partial charge in [0.25, 0.3) is 5.91 Å². The van der Waals surface area contributed by atoms with Gasteiger partial charge in [0.2, 0.25) is 5.91 Å². The Balaban J connectivity index is 1.26. The Morgan fingerprint density at radius 2 is 1.94 bits per heavy atom. The fraction of sp³-hybridized carbons (Fsp3) is 0.385. The van der Waals surface area contributed by atoms with E-state index in [1.54, 1.807) is 9.58 Å². The molecular weight excluding hydrogens is 458 g/mol. The van der Waals surface area contributed by atoms with E-state index in [2.05, 4.69) is 20.5 Å². The second kappa shape index (κ2) is 8.94. The molecule has 2 aromatic heterocycles. The van der Waals surface area contributed by atoms with Crippen LogP contribution in [0.2, 0.25) is 0 Å². The summed E-state index contributed by atoms with van der Waals surface area (Å²) in [7, 11) is 1.81. The first kappa shape index (κ1) is 22.5. The first-order valence-corrected chi connectivity index (χ1v) is 12.4. The van der Waals surface area contributed by atoms with Gasteiger partial charge in [-0.1, -0.05) is 6.07 Å². The van der Waals surface area contributed by atoms with Gasteiger partial charge in [0.1, 0.15) is 12.4 Å². The van der Waals surface area contributed by atoms with E-state index in [-0.39, 0.29) is 24.5 Å². The third-order valence-corrected chi connectivity index (χ3v) is 7.36. The predicted molar refractivity (Wildman–Crippen MR) is 135 cm³/mol. The molecule has 1 aromatic carbocycles. The number of likely N-dealkylation sites (N-methyl/N-ethyl adjacent to an activating group) is 1. The van der Waals surface area contributed by atoms with Crippen molar-refractivity contribution in [3.8, 4) is 11.3 Å². The van der Waals surface area contributed by atoms with Crippen LogP contribution in [0.4, 0.5) is 17.2 Å². The van der Waals surface area contributed by atoms with Gasteiger partial charge in [-0.3, -0.25) is 14.3 Å². The normalized spacial score (nSPS) is 18.1. The maximum absolute atomic E-state index is 12.8. The molecule has 0 saturated carbocycles. The predicted octanol–water partition coefficient (Wildman–Crippen LogP) is 1.91. The van der Waals surface area contributed by atoms with Crippen molar-refractivity contribution >= 4 is 29.0 Å². The summed E-state index contributed by atoms with van der Waals surface area (Å²) < 4.78 is 1.78. The van der Waals surface area contributed by atoms with E-state index in [1.807, 2.05) is 43.6 Å². The van der Waals surface area contributed by atoms with E-state index in [1.165, 1.54) is 0 Å². The highest BCUT2D eigenvalue weighted by molar-refractivity contribution is 6.06. The number of piperidine rings is 1. The molecule has 36 heavy (non-hydrogen) atoms. The Morgan fingerprint density at radius 3 is 2.72 bits per heavy atom. The number of amides is 2. The lowest BCUT2D eigenvalue weighted by molar-refractivity contribution is -0.130. The van der Waals surface area contributed by atoms with E-state index < -0.39 is 0 Å². The summed E-state index contributed by atoms with van der Waals surface area (Å²) in [4.78, 5) is 33.6. The first-order valence-electron chi connectivity index (χ1n) is 12.4. The fourth-order valence-electron chi connectivity index (χ4n) is 5.18. The third-order valence-electron chi connectivity index (χ3n) is 7.36. The van der Waals surface area contributed by atoms with Gasteiger partial charge in [-0.05, 0) is 42.7 Å². The molecule has 0 atom stereocenters. The summed E-state index contributed by atoms with van der Waals surface area (Å²) in [6.45, 7) is 2.94. The van der Waals surface area contributed by atoms with Crippen molar-refractivity contribution in [3.63, 3.8) is 0 Å². The second-order valence-corrected chi connectivity index (χ2v) is 9.69. The highest BCUT2D eigenvalue weighted by Gasteiger charge is 2.28. The molecule has 0 spiro atoms. The molecule has 2 amide bonds. The molecule has 0 radical (unpaired) electrons. The molecule has 1 fully saturated rings. The van der Waals surface area contributed by atoms with Crippen LogP contribution >= 0.6 is 0 Å². The lowest BCUT2D eigenvalue weighted by atomic mass is 9.98. The monoisotopic (exact) mass is 487 g/mol. The highest BCUT2D eigenvalue weighted by Crippen LogP contribution is 2.35. The lowest BCUT2D eigenvalue weighted by Crippen LogP contribution is -2.35. The summed E-state index contributed by atoms with van der Waals surface area (Å²) in [5.41, 5.74) is 5.90. The number of rotatable bonds is 4. The van der Waals surface area contributed by atoms with E-state index in [0.717, 1.165) is 60.6 Å². The minimum absolute atomic E-state index is 0.0430. The van der Waals surface area contributed by atoms with E-state index in [0.29, 0.717) is 30.2 Å². The Morgan fingerprint density at radius 1 is 1.11 bits per heavy atom. The number of pyridine rings is 1. The molecule has 3 aromatic rings. The average molecular weight is 488 g/mol. The molecule has 0 bridgehead atoms. The SMILES string of the molecule is CN1CCc2cc(-c3ccc(Nc4ccc(N5CCC(O)CC5)cn4)c4c3CNC4=O)nn2CC1=O. The van der Waals surface area contributed by atoms with Gasteiger partial charge in [-0.15, -0.1) is 0 Å². The van der Waals surface area contributed by atoms with Gasteiger partial charge in [0, 0.05) is 50.9 Å². The maximum Gasteiger partial charge on any atom is 0.254 e. The van der Waals surface area contributed by atoms with Crippen LogP contribution < -0.4 is 15.5 Å². The summed E-state index contributed by atoms with van der Waals surface area (Å²) in [6, 6.07) is 9.82. The summed E-state index contributed by atoms with van der Waals surface area (Å²) >= 11 is 0. The minimum atomic E-state index is -0.215. The van der Waals surface area contributed by atoms with Gasteiger partial charge < -0.3 is 25.5 Å². The number of aromatic nitrogens is 3. The fourth-order valence-corrected chi connectivity index (χ4v) is 5.18. The van der Waals surface area contributed by atoms with Crippen LogP contribution in [0.1, 0.15) is 34.5 Å². The van der Waals surface area contributed by atoms with Crippen LogP contribution in [0.25, 0.3) is 11.3 Å². The van der Waals surface area contributed by atoms with E-state index >= 15 is 0 Å². The zero-order valence-corrected chi connectivity index (χ0v) is 20.2. The van der Waals surface area contributed by atoms with E-state index in [4.69, 9.17) is 5.10 Å². The number of aliphatic hydroxyl groups is 1. The van der Waals surface area contributed by atoms with Crippen LogP contribution in [0.5, 0.6) is 0 Å². The number of hydrogen-bond donors (Lipinski definition) is 3. The maximum atomic E-state index is 12.8. The number of nitrogens with zero attached hydrogens (tertiary/aromatic N) is 5. The molecule has 186 valence electrons. The number of aliphatic hydroxyl groups excluding tert-OH is 1. The minimum Gasteiger partial charge on any atom is -0.393 e. The molecule has 10 heteroatoms. The Hall–Kier alpha value is -3.92. The third kappa shape index (κ3) is 4.07. The number of benzene rings is 1. The zero-order chi connectivity index (χ0) is 24.8. The molecule has 1 saturated heterocycles. The Labute approximate surface area is 208 Å².